The van der Waals surface area contributed by atoms with Gasteiger partial charge in [-0.1, -0.05) is 12.1 Å². The van der Waals surface area contributed by atoms with E-state index in [1.165, 1.54) is 0 Å². The fraction of sp³-hybridized carbons (Fsp3) is 0.538. The van der Waals surface area contributed by atoms with Crippen molar-refractivity contribution in [2.24, 2.45) is 10.9 Å². The molecular weight excluding hydrogens is 242 g/mol. The molecule has 6 nitrogen and oxygen atoms in total. The van der Waals surface area contributed by atoms with Crippen molar-refractivity contribution in [3.05, 3.63) is 23.4 Å². The molecule has 1 aromatic heterocycles. The Morgan fingerprint density at radius 2 is 2.11 bits per heavy atom. The van der Waals surface area contributed by atoms with Crippen LogP contribution in [0.15, 0.2) is 17.4 Å². The minimum absolute atomic E-state index is 0.124. The van der Waals surface area contributed by atoms with Crippen molar-refractivity contribution >= 4 is 11.7 Å². The first-order chi connectivity index (χ1) is 9.17. The Bertz CT molecular complexity index is 466. The Labute approximate surface area is 113 Å². The Morgan fingerprint density at radius 1 is 1.42 bits per heavy atom. The van der Waals surface area contributed by atoms with E-state index in [9.17, 15) is 0 Å². The molecule has 0 atom stereocenters. The number of nitrogens with two attached hydrogens (primary N) is 1. The minimum atomic E-state index is 0.124. The van der Waals surface area contributed by atoms with Crippen LogP contribution in [0.2, 0.25) is 0 Å². The first kappa shape index (κ1) is 13.6. The molecule has 0 aliphatic carbocycles. The second-order valence-electron chi connectivity index (χ2n) is 4.73. The number of aromatic nitrogens is 1. The molecule has 1 aromatic rings. The predicted octanol–water partition coefficient (Wildman–Crippen LogP) is 0.626. The maximum absolute atomic E-state index is 8.92. The van der Waals surface area contributed by atoms with Gasteiger partial charge in [0.15, 0.2) is 5.84 Å². The van der Waals surface area contributed by atoms with Gasteiger partial charge >= 0.3 is 0 Å². The fourth-order valence-electron chi connectivity index (χ4n) is 2.43. The number of hydrogen-bond acceptors (Lipinski definition) is 5. The lowest BCUT2D eigenvalue weighted by Gasteiger charge is -2.35. The minimum Gasteiger partial charge on any atom is -0.409 e. The van der Waals surface area contributed by atoms with Gasteiger partial charge < -0.3 is 20.7 Å². The zero-order valence-corrected chi connectivity index (χ0v) is 11.5. The SMILES string of the molecule is CCN1CCN(c2nccc(C)c2/C(N)=N/O)CC1. The molecule has 0 saturated carbocycles. The largest absolute Gasteiger partial charge is 0.409 e. The van der Waals surface area contributed by atoms with Gasteiger partial charge in [-0.2, -0.15) is 0 Å². The summed E-state index contributed by atoms with van der Waals surface area (Å²) in [5.74, 6) is 0.935. The van der Waals surface area contributed by atoms with Crippen LogP contribution in [0.5, 0.6) is 0 Å². The number of aryl methyl sites for hydroxylation is 1. The van der Waals surface area contributed by atoms with E-state index < -0.39 is 0 Å². The van der Waals surface area contributed by atoms with E-state index in [-0.39, 0.29) is 5.84 Å². The van der Waals surface area contributed by atoms with Crippen LogP contribution in [-0.4, -0.2) is 53.7 Å². The van der Waals surface area contributed by atoms with E-state index in [1.807, 2.05) is 13.0 Å². The number of anilines is 1. The van der Waals surface area contributed by atoms with Crippen molar-refractivity contribution in [1.29, 1.82) is 0 Å². The van der Waals surface area contributed by atoms with E-state index in [2.05, 4.69) is 26.9 Å². The van der Waals surface area contributed by atoms with Crippen LogP contribution >= 0.6 is 0 Å². The molecule has 0 aromatic carbocycles. The number of hydrogen-bond donors (Lipinski definition) is 2. The van der Waals surface area contributed by atoms with E-state index in [4.69, 9.17) is 10.9 Å². The number of oxime groups is 1. The van der Waals surface area contributed by atoms with Crippen molar-refractivity contribution < 1.29 is 5.21 Å². The molecular formula is C13H21N5O. The summed E-state index contributed by atoms with van der Waals surface area (Å²) in [6.45, 7) is 9.04. The highest BCUT2D eigenvalue weighted by molar-refractivity contribution is 6.02. The van der Waals surface area contributed by atoms with Crippen molar-refractivity contribution in [2.45, 2.75) is 13.8 Å². The van der Waals surface area contributed by atoms with Gasteiger partial charge in [-0.05, 0) is 25.1 Å². The highest BCUT2D eigenvalue weighted by atomic mass is 16.4. The summed E-state index contributed by atoms with van der Waals surface area (Å²) in [6, 6.07) is 1.87. The Hall–Kier alpha value is -1.82. The number of likely N-dealkylation sites (N-methyl/N-ethyl adjacent to an activating group) is 1. The lowest BCUT2D eigenvalue weighted by atomic mass is 10.1. The van der Waals surface area contributed by atoms with E-state index in [0.29, 0.717) is 0 Å². The number of pyridine rings is 1. The van der Waals surface area contributed by atoms with Crippen LogP contribution in [0, 0.1) is 6.92 Å². The normalized spacial score (nSPS) is 17.8. The van der Waals surface area contributed by atoms with Gasteiger partial charge in [-0.15, -0.1) is 0 Å². The molecule has 0 spiro atoms. The van der Waals surface area contributed by atoms with Crippen molar-refractivity contribution in [2.75, 3.05) is 37.6 Å². The highest BCUT2D eigenvalue weighted by Gasteiger charge is 2.21. The van der Waals surface area contributed by atoms with E-state index in [0.717, 1.165) is 49.7 Å². The summed E-state index contributed by atoms with van der Waals surface area (Å²) < 4.78 is 0. The third-order valence-electron chi connectivity index (χ3n) is 3.62. The molecule has 3 N–H and O–H groups in total. The quantitative estimate of drug-likeness (QED) is 0.362. The summed E-state index contributed by atoms with van der Waals surface area (Å²) in [5.41, 5.74) is 7.48. The van der Waals surface area contributed by atoms with Crippen LogP contribution in [-0.2, 0) is 0 Å². The van der Waals surface area contributed by atoms with E-state index in [1.54, 1.807) is 6.20 Å². The molecule has 1 aliphatic rings. The lowest BCUT2D eigenvalue weighted by molar-refractivity contribution is 0.270. The van der Waals surface area contributed by atoms with Gasteiger partial charge in [0, 0.05) is 32.4 Å². The average Bonchev–Trinajstić information content (AvgIpc) is 2.46. The van der Waals surface area contributed by atoms with Gasteiger partial charge in [0.05, 0.1) is 5.56 Å². The molecule has 0 unspecified atom stereocenters. The maximum Gasteiger partial charge on any atom is 0.174 e. The third kappa shape index (κ3) is 2.78. The zero-order valence-electron chi connectivity index (χ0n) is 11.5. The van der Waals surface area contributed by atoms with Gasteiger partial charge in [0.2, 0.25) is 0 Å². The van der Waals surface area contributed by atoms with Crippen LogP contribution in [0.3, 0.4) is 0 Å². The predicted molar refractivity (Wildman–Crippen MR) is 75.8 cm³/mol. The standard InChI is InChI=1S/C13H21N5O/c1-3-17-6-8-18(9-7-17)13-11(12(14)16-19)10(2)4-5-15-13/h4-5,19H,3,6-9H2,1-2H3,(H2,14,16). The molecule has 0 radical (unpaired) electrons. The second kappa shape index (κ2) is 5.88. The topological polar surface area (TPSA) is 78.0 Å². The van der Waals surface area contributed by atoms with Crippen molar-refractivity contribution in [3.63, 3.8) is 0 Å². The monoisotopic (exact) mass is 263 g/mol. The smallest absolute Gasteiger partial charge is 0.174 e. The number of amidine groups is 1. The van der Waals surface area contributed by atoms with Crippen molar-refractivity contribution in [1.82, 2.24) is 9.88 Å². The Kier molecular flexibility index (Phi) is 4.21. The van der Waals surface area contributed by atoms with Crippen LogP contribution < -0.4 is 10.6 Å². The molecule has 1 fully saturated rings. The van der Waals surface area contributed by atoms with Crippen LogP contribution in [0.25, 0.3) is 0 Å². The fourth-order valence-corrected chi connectivity index (χ4v) is 2.43. The summed E-state index contributed by atoms with van der Waals surface area (Å²) in [4.78, 5) is 9.02. The van der Waals surface area contributed by atoms with Gasteiger partial charge in [-0.3, -0.25) is 0 Å². The molecule has 2 heterocycles. The molecule has 1 aliphatic heterocycles. The molecule has 6 heteroatoms. The molecule has 0 bridgehead atoms. The molecule has 2 rings (SSSR count). The molecule has 104 valence electrons. The summed E-state index contributed by atoms with van der Waals surface area (Å²) in [6.07, 6.45) is 1.77. The highest BCUT2D eigenvalue weighted by Crippen LogP contribution is 2.22. The maximum atomic E-state index is 8.92. The molecule has 19 heavy (non-hydrogen) atoms. The van der Waals surface area contributed by atoms with Crippen LogP contribution in [0.4, 0.5) is 5.82 Å². The average molecular weight is 263 g/mol. The zero-order chi connectivity index (χ0) is 13.8. The number of rotatable bonds is 3. The number of nitrogens with zero attached hydrogens (tertiary/aromatic N) is 4. The van der Waals surface area contributed by atoms with Gasteiger partial charge in [-0.25, -0.2) is 4.98 Å². The lowest BCUT2D eigenvalue weighted by Crippen LogP contribution is -2.47. The summed E-state index contributed by atoms with van der Waals surface area (Å²) >= 11 is 0. The Balaban J connectivity index is 2.28. The Morgan fingerprint density at radius 3 is 2.68 bits per heavy atom. The molecule has 0 amide bonds. The van der Waals surface area contributed by atoms with Crippen molar-refractivity contribution in [3.8, 4) is 0 Å². The molecule has 1 saturated heterocycles. The summed E-state index contributed by atoms with van der Waals surface area (Å²) in [5, 5.41) is 12.0. The van der Waals surface area contributed by atoms with Gasteiger partial charge in [0.1, 0.15) is 5.82 Å². The third-order valence-corrected chi connectivity index (χ3v) is 3.62. The first-order valence-corrected chi connectivity index (χ1v) is 6.58. The number of piperazine rings is 1. The first-order valence-electron chi connectivity index (χ1n) is 6.58. The van der Waals surface area contributed by atoms with Crippen LogP contribution in [0.1, 0.15) is 18.1 Å². The summed E-state index contributed by atoms with van der Waals surface area (Å²) in [7, 11) is 0. The second-order valence-corrected chi connectivity index (χ2v) is 4.73. The van der Waals surface area contributed by atoms with Gasteiger partial charge in [0.25, 0.3) is 0 Å². The van der Waals surface area contributed by atoms with E-state index >= 15 is 0 Å².